The zero-order valence-corrected chi connectivity index (χ0v) is 11.3. The van der Waals surface area contributed by atoms with Gasteiger partial charge >= 0.3 is 0 Å². The van der Waals surface area contributed by atoms with Gasteiger partial charge in [0, 0.05) is 16.0 Å². The van der Waals surface area contributed by atoms with E-state index in [2.05, 4.69) is 20.2 Å². The molecular weight excluding hydrogens is 266 g/mol. The molecule has 0 saturated heterocycles. The van der Waals surface area contributed by atoms with Gasteiger partial charge in [0.15, 0.2) is 0 Å². The Bertz CT molecular complexity index is 833. The average Bonchev–Trinajstić information content (AvgIpc) is 2.98. The van der Waals surface area contributed by atoms with Crippen LogP contribution in [0.2, 0.25) is 0 Å². The molecule has 6 heteroatoms. The summed E-state index contributed by atoms with van der Waals surface area (Å²) in [7, 11) is 0. The van der Waals surface area contributed by atoms with Crippen LogP contribution < -0.4 is 0 Å². The summed E-state index contributed by atoms with van der Waals surface area (Å²) >= 11 is 0. The molecule has 0 saturated carbocycles. The van der Waals surface area contributed by atoms with Crippen molar-refractivity contribution in [1.82, 2.24) is 10.1 Å². The van der Waals surface area contributed by atoms with Crippen LogP contribution in [0.1, 0.15) is 5.56 Å². The van der Waals surface area contributed by atoms with Crippen molar-refractivity contribution < 1.29 is 4.52 Å². The van der Waals surface area contributed by atoms with Gasteiger partial charge in [0.1, 0.15) is 0 Å². The summed E-state index contributed by atoms with van der Waals surface area (Å²) in [5, 5.41) is 7.62. The van der Waals surface area contributed by atoms with Gasteiger partial charge in [-0.3, -0.25) is 0 Å². The van der Waals surface area contributed by atoms with Crippen molar-refractivity contribution in [3.63, 3.8) is 0 Å². The Hall–Kier alpha value is -3.11. The highest BCUT2D eigenvalue weighted by molar-refractivity contribution is 5.70. The van der Waals surface area contributed by atoms with Crippen LogP contribution in [0.5, 0.6) is 0 Å². The number of aryl methyl sites for hydroxylation is 1. The summed E-state index contributed by atoms with van der Waals surface area (Å²) < 4.78 is 5.29. The van der Waals surface area contributed by atoms with Gasteiger partial charge in [-0.05, 0) is 24.6 Å². The third kappa shape index (κ3) is 2.61. The van der Waals surface area contributed by atoms with Crippen molar-refractivity contribution in [2.24, 2.45) is 5.11 Å². The molecule has 6 nitrogen and oxygen atoms in total. The van der Waals surface area contributed by atoms with Crippen molar-refractivity contribution >= 4 is 5.69 Å². The number of aromatic nitrogens is 2. The third-order valence-corrected chi connectivity index (χ3v) is 2.99. The lowest BCUT2D eigenvalue weighted by atomic mass is 10.1. The molecule has 102 valence electrons. The molecule has 0 spiro atoms. The fourth-order valence-corrected chi connectivity index (χ4v) is 2.02. The highest BCUT2D eigenvalue weighted by Gasteiger charge is 2.13. The monoisotopic (exact) mass is 277 g/mol. The molecule has 0 amide bonds. The van der Waals surface area contributed by atoms with E-state index in [9.17, 15) is 0 Å². The molecule has 0 atom stereocenters. The summed E-state index contributed by atoms with van der Waals surface area (Å²) in [6.45, 7) is 2.00. The van der Waals surface area contributed by atoms with Crippen molar-refractivity contribution in [2.45, 2.75) is 6.92 Å². The van der Waals surface area contributed by atoms with Gasteiger partial charge in [-0.25, -0.2) is 0 Å². The van der Waals surface area contributed by atoms with E-state index in [4.69, 9.17) is 10.1 Å². The number of hydrogen-bond acceptors (Lipinski definition) is 4. The maximum absolute atomic E-state index is 8.60. The molecule has 1 heterocycles. The second-order valence-corrected chi connectivity index (χ2v) is 4.50. The van der Waals surface area contributed by atoms with Crippen molar-refractivity contribution in [2.75, 3.05) is 0 Å². The first-order chi connectivity index (χ1) is 10.3. The molecule has 0 unspecified atom stereocenters. The highest BCUT2D eigenvalue weighted by Crippen LogP contribution is 2.30. The van der Waals surface area contributed by atoms with Crippen molar-refractivity contribution in [1.29, 1.82) is 0 Å². The second-order valence-electron chi connectivity index (χ2n) is 4.50. The summed E-state index contributed by atoms with van der Waals surface area (Å²) in [4.78, 5) is 7.18. The van der Waals surface area contributed by atoms with Crippen LogP contribution in [0.15, 0.2) is 58.2 Å². The Morgan fingerprint density at radius 2 is 2.00 bits per heavy atom. The predicted octanol–water partition coefficient (Wildman–Crippen LogP) is 4.65. The molecule has 0 radical (unpaired) electrons. The van der Waals surface area contributed by atoms with E-state index in [-0.39, 0.29) is 0 Å². The molecule has 0 bridgehead atoms. The van der Waals surface area contributed by atoms with Gasteiger partial charge in [0.05, 0.1) is 5.69 Å². The molecule has 2 aromatic carbocycles. The van der Waals surface area contributed by atoms with E-state index in [1.165, 1.54) is 0 Å². The molecule has 0 aliphatic rings. The van der Waals surface area contributed by atoms with Gasteiger partial charge < -0.3 is 4.52 Å². The van der Waals surface area contributed by atoms with Crippen molar-refractivity contribution in [3.8, 4) is 22.8 Å². The Morgan fingerprint density at radius 3 is 2.81 bits per heavy atom. The minimum Gasteiger partial charge on any atom is -0.334 e. The van der Waals surface area contributed by atoms with Crippen LogP contribution >= 0.6 is 0 Å². The minimum absolute atomic E-state index is 0.328. The largest absolute Gasteiger partial charge is 0.334 e. The minimum atomic E-state index is 0.328. The maximum atomic E-state index is 8.60. The topological polar surface area (TPSA) is 87.7 Å². The normalized spacial score (nSPS) is 10.1. The Morgan fingerprint density at radius 1 is 1.14 bits per heavy atom. The van der Waals surface area contributed by atoms with Crippen molar-refractivity contribution in [3.05, 3.63) is 64.5 Å². The van der Waals surface area contributed by atoms with E-state index in [1.807, 2.05) is 37.3 Å². The van der Waals surface area contributed by atoms with E-state index in [1.54, 1.807) is 18.2 Å². The lowest BCUT2D eigenvalue weighted by molar-refractivity contribution is 0.432. The summed E-state index contributed by atoms with van der Waals surface area (Å²) in [6.07, 6.45) is 0. The number of benzene rings is 2. The fourth-order valence-electron chi connectivity index (χ4n) is 2.02. The fraction of sp³-hybridized carbons (Fsp3) is 0.0667. The molecule has 3 rings (SSSR count). The number of hydrogen-bond donors (Lipinski definition) is 0. The van der Waals surface area contributed by atoms with Crippen LogP contribution in [0.4, 0.5) is 5.69 Å². The molecular formula is C15H11N5O. The molecule has 21 heavy (non-hydrogen) atoms. The highest BCUT2D eigenvalue weighted by atomic mass is 16.5. The van der Waals surface area contributed by atoms with Gasteiger partial charge in [0.2, 0.25) is 5.82 Å². The van der Waals surface area contributed by atoms with E-state index < -0.39 is 0 Å². The molecule has 0 fully saturated rings. The number of nitrogens with zero attached hydrogens (tertiary/aromatic N) is 5. The van der Waals surface area contributed by atoms with E-state index >= 15 is 0 Å². The standard InChI is InChI=1S/C15H11N5O/c1-10-5-4-6-11(9-10)14-17-15(21-19-14)12-7-2-3-8-13(12)18-20-16/h2-9H,1H3. The van der Waals surface area contributed by atoms with Crippen LogP contribution in [0, 0.1) is 6.92 Å². The Kier molecular flexibility index (Phi) is 3.37. The SMILES string of the molecule is Cc1cccc(-c2noc(-c3ccccc3N=[N+]=[N-])n2)c1. The van der Waals surface area contributed by atoms with Gasteiger partial charge in [0.25, 0.3) is 5.89 Å². The van der Waals surface area contributed by atoms with E-state index in [0.717, 1.165) is 11.1 Å². The van der Waals surface area contributed by atoms with Crippen LogP contribution in [0.25, 0.3) is 33.3 Å². The van der Waals surface area contributed by atoms with Crippen LogP contribution in [-0.4, -0.2) is 10.1 Å². The van der Waals surface area contributed by atoms with E-state index in [0.29, 0.717) is 23.0 Å². The lowest BCUT2D eigenvalue weighted by Crippen LogP contribution is -1.82. The average molecular weight is 277 g/mol. The smallest absolute Gasteiger partial charge is 0.258 e. The maximum Gasteiger partial charge on any atom is 0.258 e. The van der Waals surface area contributed by atoms with Gasteiger partial charge in [-0.1, -0.05) is 52.2 Å². The second kappa shape index (κ2) is 5.48. The van der Waals surface area contributed by atoms with Crippen LogP contribution in [0.3, 0.4) is 0 Å². The molecule has 0 aliphatic heterocycles. The zero-order chi connectivity index (χ0) is 14.7. The quantitative estimate of drug-likeness (QED) is 0.396. The molecule has 3 aromatic rings. The third-order valence-electron chi connectivity index (χ3n) is 2.99. The van der Waals surface area contributed by atoms with Crippen LogP contribution in [-0.2, 0) is 0 Å². The summed E-state index contributed by atoms with van der Waals surface area (Å²) in [6, 6.07) is 14.9. The van der Waals surface area contributed by atoms with Gasteiger partial charge in [-0.2, -0.15) is 4.98 Å². The number of rotatable bonds is 3. The lowest BCUT2D eigenvalue weighted by Gasteiger charge is -1.98. The summed E-state index contributed by atoms with van der Waals surface area (Å²) in [5.74, 6) is 0.832. The zero-order valence-electron chi connectivity index (χ0n) is 11.3. The predicted molar refractivity (Wildman–Crippen MR) is 78.7 cm³/mol. The molecule has 1 aromatic heterocycles. The first-order valence-electron chi connectivity index (χ1n) is 6.33. The molecule has 0 N–H and O–H groups in total. The molecule has 0 aliphatic carbocycles. The summed E-state index contributed by atoms with van der Waals surface area (Å²) in [5.41, 5.74) is 11.7. The first kappa shape index (κ1) is 12.9. The Labute approximate surface area is 120 Å². The van der Waals surface area contributed by atoms with Gasteiger partial charge in [-0.15, -0.1) is 0 Å². The number of azide groups is 1. The Balaban J connectivity index is 2.05. The first-order valence-corrected chi connectivity index (χ1v) is 6.33.